The number of alkyl halides is 3. The van der Waals surface area contributed by atoms with E-state index in [0.717, 1.165) is 30.8 Å². The van der Waals surface area contributed by atoms with E-state index in [9.17, 15) is 18.0 Å². The minimum absolute atomic E-state index is 0.0534. The molecule has 0 bridgehead atoms. The predicted octanol–water partition coefficient (Wildman–Crippen LogP) is 3.01. The second-order valence-corrected chi connectivity index (χ2v) is 5.86. The number of carbonyl (C=O) groups is 1. The van der Waals surface area contributed by atoms with Crippen molar-refractivity contribution in [1.82, 2.24) is 19.7 Å². The van der Waals surface area contributed by atoms with Gasteiger partial charge in [-0.15, -0.1) is 0 Å². The van der Waals surface area contributed by atoms with Gasteiger partial charge in [0.05, 0.1) is 11.3 Å². The number of nitrogens with zero attached hydrogens (tertiary/aromatic N) is 4. The summed E-state index contributed by atoms with van der Waals surface area (Å²) >= 11 is 0. The summed E-state index contributed by atoms with van der Waals surface area (Å²) in [5.74, 6) is 0.904. The summed E-state index contributed by atoms with van der Waals surface area (Å²) in [6.45, 7) is 2.85. The van der Waals surface area contributed by atoms with Gasteiger partial charge in [-0.05, 0) is 37.1 Å². The fraction of sp³-hybridized carbons (Fsp3) is 0.438. The fourth-order valence-corrected chi connectivity index (χ4v) is 2.97. The molecule has 2 heterocycles. The summed E-state index contributed by atoms with van der Waals surface area (Å²) in [6, 6.07) is 4.87. The number of rotatable bonds is 2. The Labute approximate surface area is 137 Å². The zero-order valence-corrected chi connectivity index (χ0v) is 13.1. The van der Waals surface area contributed by atoms with Crippen molar-refractivity contribution in [2.75, 3.05) is 13.1 Å². The van der Waals surface area contributed by atoms with Crippen LogP contribution >= 0.6 is 0 Å². The van der Waals surface area contributed by atoms with E-state index >= 15 is 0 Å². The molecule has 0 atom stereocenters. The zero-order valence-electron chi connectivity index (χ0n) is 13.1. The van der Waals surface area contributed by atoms with Crippen molar-refractivity contribution in [3.63, 3.8) is 0 Å². The minimum Gasteiger partial charge on any atom is -0.343 e. The number of carbonyl (C=O) groups excluding carboxylic acids is 1. The number of likely N-dealkylation sites (tertiary alicyclic amines) is 1. The number of hydrogen-bond acceptors (Lipinski definition) is 3. The Morgan fingerprint density at radius 3 is 2.33 bits per heavy atom. The molecule has 0 saturated carbocycles. The Morgan fingerprint density at radius 2 is 1.79 bits per heavy atom. The third-order valence-corrected chi connectivity index (χ3v) is 4.32. The molecule has 0 unspecified atom stereocenters. The highest BCUT2D eigenvalue weighted by Gasteiger charge is 2.30. The normalized spacial score (nSPS) is 16.4. The summed E-state index contributed by atoms with van der Waals surface area (Å²) in [4.78, 5) is 17.5. The van der Waals surface area contributed by atoms with E-state index in [2.05, 4.69) is 10.1 Å². The number of piperidine rings is 1. The molecule has 1 amide bonds. The highest BCUT2D eigenvalue weighted by Crippen LogP contribution is 2.31. The summed E-state index contributed by atoms with van der Waals surface area (Å²) < 4.78 is 39.6. The molecule has 1 aliphatic rings. The van der Waals surface area contributed by atoms with Crippen LogP contribution in [0.1, 0.15) is 37.1 Å². The molecule has 0 radical (unpaired) electrons. The second kappa shape index (κ2) is 6.26. The highest BCUT2D eigenvalue weighted by atomic mass is 19.4. The molecule has 0 aliphatic carbocycles. The number of benzene rings is 1. The summed E-state index contributed by atoms with van der Waals surface area (Å²) in [5.41, 5.74) is -0.146. The number of aromatic nitrogens is 3. The van der Waals surface area contributed by atoms with Crippen LogP contribution in [0.2, 0.25) is 0 Å². The van der Waals surface area contributed by atoms with Gasteiger partial charge in [0.1, 0.15) is 12.2 Å². The molecule has 1 aromatic carbocycles. The summed E-state index contributed by atoms with van der Waals surface area (Å²) in [5, 5.41) is 4.15. The van der Waals surface area contributed by atoms with Crippen LogP contribution in [-0.2, 0) is 11.0 Å². The van der Waals surface area contributed by atoms with Gasteiger partial charge in [0.25, 0.3) is 0 Å². The molecule has 128 valence electrons. The van der Waals surface area contributed by atoms with Crippen molar-refractivity contribution in [2.24, 2.45) is 0 Å². The van der Waals surface area contributed by atoms with Crippen LogP contribution in [0.4, 0.5) is 13.2 Å². The van der Waals surface area contributed by atoms with Crippen LogP contribution in [0.15, 0.2) is 30.6 Å². The van der Waals surface area contributed by atoms with Crippen LogP contribution in [0.5, 0.6) is 0 Å². The van der Waals surface area contributed by atoms with E-state index in [0.29, 0.717) is 18.8 Å². The number of hydrogen-bond donors (Lipinski definition) is 0. The fourth-order valence-electron chi connectivity index (χ4n) is 2.97. The van der Waals surface area contributed by atoms with Gasteiger partial charge in [-0.2, -0.15) is 18.3 Å². The standard InChI is InChI=1S/C16H17F3N4O/c1-11(24)22-8-6-12(7-9-22)15-20-10-21-23(15)14-4-2-13(3-5-14)16(17,18)19/h2-5,10,12H,6-9H2,1H3. The Hall–Kier alpha value is -2.38. The molecule has 0 spiro atoms. The van der Waals surface area contributed by atoms with E-state index < -0.39 is 11.7 Å². The maximum absolute atomic E-state index is 12.7. The lowest BCUT2D eigenvalue weighted by molar-refractivity contribution is -0.137. The van der Waals surface area contributed by atoms with Gasteiger partial charge in [-0.3, -0.25) is 4.79 Å². The van der Waals surface area contributed by atoms with Crippen LogP contribution < -0.4 is 0 Å². The van der Waals surface area contributed by atoms with Gasteiger partial charge in [0.15, 0.2) is 0 Å². The summed E-state index contributed by atoms with van der Waals surface area (Å²) in [6.07, 6.45) is -1.43. The van der Waals surface area contributed by atoms with Crippen molar-refractivity contribution in [3.05, 3.63) is 42.0 Å². The van der Waals surface area contributed by atoms with Crippen LogP contribution in [-0.4, -0.2) is 38.7 Å². The minimum atomic E-state index is -4.36. The third-order valence-electron chi connectivity index (χ3n) is 4.32. The van der Waals surface area contributed by atoms with Gasteiger partial charge in [0, 0.05) is 25.9 Å². The molecular weight excluding hydrogens is 321 g/mol. The Morgan fingerprint density at radius 1 is 1.17 bits per heavy atom. The van der Waals surface area contributed by atoms with E-state index in [1.54, 1.807) is 16.5 Å². The lowest BCUT2D eigenvalue weighted by Gasteiger charge is -2.30. The van der Waals surface area contributed by atoms with Gasteiger partial charge < -0.3 is 4.90 Å². The first-order chi connectivity index (χ1) is 11.4. The first-order valence-corrected chi connectivity index (χ1v) is 7.69. The van der Waals surface area contributed by atoms with Crippen LogP contribution in [0.3, 0.4) is 0 Å². The van der Waals surface area contributed by atoms with E-state index in [4.69, 9.17) is 0 Å². The molecule has 3 rings (SSSR count). The Bertz CT molecular complexity index is 716. The third kappa shape index (κ3) is 3.27. The van der Waals surface area contributed by atoms with Gasteiger partial charge in [0.2, 0.25) is 5.91 Å². The van der Waals surface area contributed by atoms with Crippen molar-refractivity contribution in [2.45, 2.75) is 31.9 Å². The smallest absolute Gasteiger partial charge is 0.343 e. The molecule has 5 nitrogen and oxygen atoms in total. The monoisotopic (exact) mass is 338 g/mol. The van der Waals surface area contributed by atoms with Crippen LogP contribution in [0.25, 0.3) is 5.69 Å². The Kier molecular flexibility index (Phi) is 4.29. The maximum atomic E-state index is 12.7. The molecule has 2 aromatic rings. The van der Waals surface area contributed by atoms with Crippen LogP contribution in [0, 0.1) is 0 Å². The SMILES string of the molecule is CC(=O)N1CCC(c2ncnn2-c2ccc(C(F)(F)F)cc2)CC1. The van der Waals surface area contributed by atoms with Gasteiger partial charge in [-0.1, -0.05) is 0 Å². The zero-order chi connectivity index (χ0) is 17.3. The summed E-state index contributed by atoms with van der Waals surface area (Å²) in [7, 11) is 0. The first-order valence-electron chi connectivity index (χ1n) is 7.69. The Balaban J connectivity index is 1.80. The second-order valence-electron chi connectivity index (χ2n) is 5.86. The van der Waals surface area contributed by atoms with E-state index in [-0.39, 0.29) is 11.8 Å². The van der Waals surface area contributed by atoms with Crippen molar-refractivity contribution in [1.29, 1.82) is 0 Å². The van der Waals surface area contributed by atoms with Crippen molar-refractivity contribution in [3.8, 4) is 5.69 Å². The molecule has 1 aliphatic heterocycles. The average Bonchev–Trinajstić information content (AvgIpc) is 3.04. The molecule has 24 heavy (non-hydrogen) atoms. The van der Waals surface area contributed by atoms with Crippen molar-refractivity contribution >= 4 is 5.91 Å². The molecular formula is C16H17F3N4O. The molecule has 0 N–H and O–H groups in total. The molecule has 8 heteroatoms. The largest absolute Gasteiger partial charge is 0.416 e. The van der Waals surface area contributed by atoms with Gasteiger partial charge in [-0.25, -0.2) is 9.67 Å². The van der Waals surface area contributed by atoms with E-state index in [1.165, 1.54) is 18.5 Å². The number of halogens is 3. The molecule has 1 aromatic heterocycles. The molecule has 1 saturated heterocycles. The lowest BCUT2D eigenvalue weighted by Crippen LogP contribution is -2.36. The number of amides is 1. The lowest BCUT2D eigenvalue weighted by atomic mass is 9.96. The average molecular weight is 338 g/mol. The predicted molar refractivity (Wildman–Crippen MR) is 80.6 cm³/mol. The molecule has 1 fully saturated rings. The highest BCUT2D eigenvalue weighted by molar-refractivity contribution is 5.73. The quantitative estimate of drug-likeness (QED) is 0.846. The maximum Gasteiger partial charge on any atom is 0.416 e. The van der Waals surface area contributed by atoms with Gasteiger partial charge >= 0.3 is 6.18 Å². The van der Waals surface area contributed by atoms with E-state index in [1.807, 2.05) is 0 Å². The first kappa shape index (κ1) is 16.5. The topological polar surface area (TPSA) is 51.0 Å². The van der Waals surface area contributed by atoms with Crippen molar-refractivity contribution < 1.29 is 18.0 Å².